The van der Waals surface area contributed by atoms with E-state index < -0.39 is 24.2 Å². The quantitative estimate of drug-likeness (QED) is 0.0167. The van der Waals surface area contributed by atoms with Crippen LogP contribution in [0.4, 0.5) is 23.3 Å². The molecule has 11 atom stereocenters. The third-order valence-corrected chi connectivity index (χ3v) is 29.3. The minimum atomic E-state index is -0.755. The maximum Gasteiger partial charge on any atom is 0.319 e. The Bertz CT molecular complexity index is 6190. The van der Waals surface area contributed by atoms with Crippen LogP contribution in [-0.4, -0.2) is 323 Å². The number of aromatic nitrogens is 16. The van der Waals surface area contributed by atoms with Crippen LogP contribution in [0.25, 0.3) is 33.1 Å². The van der Waals surface area contributed by atoms with Crippen molar-refractivity contribution in [2.75, 3.05) is 168 Å². The number of hydrogen-bond donors (Lipinski definition) is 8. The van der Waals surface area contributed by atoms with Gasteiger partial charge in [-0.1, -0.05) is 33.6 Å². The molecule has 0 radical (unpaired) electrons. The first-order chi connectivity index (χ1) is 72.8. The largest absolute Gasteiger partial charge is 0.496 e. The molecule has 11 aromatic heterocycles. The van der Waals surface area contributed by atoms with Crippen LogP contribution >= 0.6 is 0 Å². The number of aliphatic imine (C=N–C) groups is 1. The number of H-pyrrole nitrogens is 3. The number of aliphatic hydroxyl groups excluding tert-OH is 2. The number of rotatable bonds is 38. The monoisotopic (exact) mass is 2070 g/mol. The van der Waals surface area contributed by atoms with E-state index in [9.17, 15) is 29.4 Å². The molecule has 0 aromatic carbocycles. The number of ketones is 1. The van der Waals surface area contributed by atoms with E-state index in [4.69, 9.17) is 66.6 Å². The van der Waals surface area contributed by atoms with E-state index in [-0.39, 0.29) is 115 Å². The number of nitrogens with zero attached hydrogens (tertiary/aromatic N) is 18. The fraction of sp³-hybridized carbons (Fsp3) is 0.570. The minimum absolute atomic E-state index is 0.0194. The Hall–Kier alpha value is -13.5. The van der Waals surface area contributed by atoms with Crippen LogP contribution in [0.2, 0.25) is 0 Å². The zero-order valence-electron chi connectivity index (χ0n) is 88.5. The Morgan fingerprint density at radius 3 is 1.33 bits per heavy atom. The van der Waals surface area contributed by atoms with Gasteiger partial charge in [0.1, 0.15) is 105 Å². The van der Waals surface area contributed by atoms with Crippen LogP contribution < -0.4 is 73.4 Å². The highest BCUT2D eigenvalue weighted by atomic mass is 16.6. The lowest BCUT2D eigenvalue weighted by atomic mass is 9.88. The van der Waals surface area contributed by atoms with Crippen molar-refractivity contribution in [3.8, 4) is 47.0 Å². The molecule has 5 saturated heterocycles. The second-order valence-corrected chi connectivity index (χ2v) is 39.9. The number of nitrogens with one attached hydrogen (secondary N) is 6. The van der Waals surface area contributed by atoms with E-state index in [0.717, 1.165) is 221 Å². The summed E-state index contributed by atoms with van der Waals surface area (Å²) in [5.41, 5.74) is 10.0. The van der Waals surface area contributed by atoms with E-state index in [1.54, 1.807) is 99.9 Å². The Kier molecular flexibility index (Phi) is 37.8. The summed E-state index contributed by atoms with van der Waals surface area (Å²) in [5.74, 6) is 7.03. The first kappa shape index (κ1) is 109. The van der Waals surface area contributed by atoms with Gasteiger partial charge < -0.3 is 117 Å². The van der Waals surface area contributed by atoms with Crippen molar-refractivity contribution in [1.29, 1.82) is 0 Å². The molecule has 150 heavy (non-hydrogen) atoms. The van der Waals surface area contributed by atoms with Gasteiger partial charge >= 0.3 is 24.0 Å². The maximum atomic E-state index is 13.2. The molecule has 2 aliphatic carbocycles. The van der Waals surface area contributed by atoms with Crippen LogP contribution in [0.5, 0.6) is 47.0 Å². The topological polar surface area (TPSA) is 505 Å². The average Bonchev–Trinajstić information content (AvgIpc) is 1.62. The fourth-order valence-corrected chi connectivity index (χ4v) is 20.8. The zero-order chi connectivity index (χ0) is 106. The second-order valence-electron chi connectivity index (χ2n) is 39.9. The normalized spacial score (nSPS) is 20.1. The van der Waals surface area contributed by atoms with Crippen LogP contribution in [0.1, 0.15) is 239 Å². The number of pyridine rings is 4. The second kappa shape index (κ2) is 51.8. The number of amides is 3. The highest BCUT2D eigenvalue weighted by Crippen LogP contribution is 2.44. The lowest BCUT2D eigenvalue weighted by molar-refractivity contribution is 0.0678. The number of hydrogen-bond acceptors (Lipinski definition) is 37. The molecule has 0 spiro atoms. The predicted octanol–water partition coefficient (Wildman–Crippen LogP) is 12.1. The number of anilines is 4. The molecular weight excluding hydrogens is 1930 g/mol. The number of aromatic amines is 3. The fourth-order valence-electron chi connectivity index (χ4n) is 20.8. The molecule has 19 rings (SSSR count). The van der Waals surface area contributed by atoms with Gasteiger partial charge in [0.25, 0.3) is 17.7 Å². The number of carbonyl (C=O) groups excluding carboxylic acids is 4. The Morgan fingerprint density at radius 2 is 0.880 bits per heavy atom. The Balaban J connectivity index is 0.000000142. The lowest BCUT2D eigenvalue weighted by Crippen LogP contribution is -2.43. The standard InChI is InChI=1S/C27H37N7O4.C27H36N6O5.C27H37N5O4.C26H34N6O6/c1-16-6-5-7-19(16)29-26(35)20-14-22(31-27(30-20)38-17(2)15-36-3)34-12-9-18(10-13-34)24-23-21(37-4)8-11-28-25(23)33-32-24;1-16(15-36-2)38-27-31-19(26(35)30-18-5-4-6-21(18)34)13-23(32-27)33-11-8-17(9-12-33)25-24-20(14-29-25)28-10-7-22(24)37-3;1-6-17(2)13-22(33)21-14-24(31-27(30-21)36-16-18(3)34-4)32-11-8-19(9-12-32)20-15-29-26-25(20)23(35-5)7-10-28-26;1-15(12-35-2)38-26-30-18(25(34)29-19-13-37-14-20(19)33)10-22(31-26)32-8-5-16(6-9-32)17-11-28-24-23(17)21(36-3)4-7-27-24/h8,11,14,16-19H,5-7,9-10,12-13,15H2,1-4H3,(H,29,35)(H,28,32,33);7,10,13,16-18,21,34H,4-6,8-9,11-12,14-15H2,1-3H3,(H,30,35);7,10,14-15,17-19H,6,8-9,11-13,16H2,1-5H3,(H,28,29);4,7,10-11,15-16,19-20,33H,5-6,8-9,12-14H2,1-3H3,(H,27,28)(H,29,34)/t16-,17+,19+;16-,18-,21-;17-,18+;15-,19-,20-/m0111/s1. The molecular formula is C107H144N24O19. The van der Waals surface area contributed by atoms with E-state index in [1.165, 1.54) is 11.1 Å². The summed E-state index contributed by atoms with van der Waals surface area (Å²) in [6.07, 6.45) is 23.0. The molecule has 0 bridgehead atoms. The maximum absolute atomic E-state index is 13.2. The SMILES string of the molecule is CC[C@@H](C)CC(=O)c1cc(N2CCC(c3c[nH]c4nccc(OC)c34)CC2)nc(OC[C@H](C)OC)n1.COC[C@@H](C)Oc1nc(C(=O)N[C@@H]2CCC[C@@H]2C)cc(N2CCC(c3[nH]nc4nccc(OC)c34)CC2)n1.COC[C@@H](C)Oc1nc(C(=O)N[C@@H]2CCC[C@H]2O)cc(N2CCC(C3=NCc4nccc(OC)c43)CC2)n1.COC[C@@H](C)Oc1nc(C(=O)N[C@@H]2COC[C@H]2O)cc(N2CCC(c3c[nH]c4nccc(OC)c34)CC2)n1. The lowest BCUT2D eigenvalue weighted by Gasteiger charge is -2.33. The zero-order valence-corrected chi connectivity index (χ0v) is 88.5. The molecule has 6 aliphatic heterocycles. The molecule has 806 valence electrons. The molecule has 11 aromatic rings. The van der Waals surface area contributed by atoms with Gasteiger partial charge in [0.2, 0.25) is 0 Å². The summed E-state index contributed by atoms with van der Waals surface area (Å²) in [5, 5.41) is 39.7. The van der Waals surface area contributed by atoms with Gasteiger partial charge in [0.05, 0.1) is 137 Å². The number of carbonyl (C=O) groups is 4. The third-order valence-electron chi connectivity index (χ3n) is 29.3. The van der Waals surface area contributed by atoms with Crippen LogP contribution in [-0.2, 0) is 30.2 Å². The first-order valence-electron chi connectivity index (χ1n) is 52.3. The van der Waals surface area contributed by atoms with Crippen molar-refractivity contribution in [1.82, 2.24) is 95.9 Å². The van der Waals surface area contributed by atoms with E-state index in [0.29, 0.717) is 104 Å². The summed E-state index contributed by atoms with van der Waals surface area (Å²) in [6, 6.07) is 14.6. The molecule has 0 unspecified atom stereocenters. The first-order valence-corrected chi connectivity index (χ1v) is 52.3. The number of piperidine rings is 4. The summed E-state index contributed by atoms with van der Waals surface area (Å²) < 4.78 is 71.9. The van der Waals surface area contributed by atoms with Crippen molar-refractivity contribution in [2.24, 2.45) is 22.7 Å². The number of fused-ring (bicyclic) bond motifs is 4. The highest BCUT2D eigenvalue weighted by Gasteiger charge is 2.38. The molecule has 17 heterocycles. The minimum Gasteiger partial charge on any atom is -0.496 e. The molecule has 8 N–H and O–H groups in total. The van der Waals surface area contributed by atoms with Crippen LogP contribution in [0.3, 0.4) is 0 Å². The van der Waals surface area contributed by atoms with Gasteiger partial charge in [0.15, 0.2) is 11.4 Å². The molecule has 43 nitrogen and oxygen atoms in total. The van der Waals surface area contributed by atoms with Gasteiger partial charge in [-0.3, -0.25) is 34.3 Å². The number of aliphatic hydroxyl groups is 2. The number of ether oxygens (including phenoxy) is 13. The molecule has 3 amide bonds. The van der Waals surface area contributed by atoms with Crippen molar-refractivity contribution in [3.63, 3.8) is 0 Å². The van der Waals surface area contributed by atoms with Gasteiger partial charge in [-0.25, -0.2) is 15.0 Å². The molecule has 2 saturated carbocycles. The Morgan fingerprint density at radius 1 is 0.453 bits per heavy atom. The van der Waals surface area contributed by atoms with Crippen LogP contribution in [0, 0.1) is 17.8 Å². The third kappa shape index (κ3) is 26.9. The van der Waals surface area contributed by atoms with Crippen molar-refractivity contribution >= 4 is 85.6 Å². The van der Waals surface area contributed by atoms with Crippen molar-refractivity contribution < 1.29 is 91.0 Å². The van der Waals surface area contributed by atoms with Gasteiger partial charge in [-0.2, -0.15) is 45.0 Å². The van der Waals surface area contributed by atoms with Crippen molar-refractivity contribution in [3.05, 3.63) is 137 Å². The number of methoxy groups -OCH3 is 8. The Labute approximate surface area is 873 Å². The van der Waals surface area contributed by atoms with Crippen LogP contribution in [0.15, 0.2) is 90.7 Å². The average molecular weight is 2070 g/mol. The summed E-state index contributed by atoms with van der Waals surface area (Å²) in [4.78, 5) is 126. The molecule has 43 heteroatoms. The van der Waals surface area contributed by atoms with Gasteiger partial charge in [0, 0.05) is 167 Å². The number of Topliss-reactive ketones (excluding diaryl/α,β-unsaturated/α-hetero) is 1. The molecule has 7 fully saturated rings. The summed E-state index contributed by atoms with van der Waals surface area (Å²) in [6.45, 7) is 22.5. The predicted molar refractivity (Wildman–Crippen MR) is 562 cm³/mol. The van der Waals surface area contributed by atoms with Gasteiger partial charge in [-0.15, -0.1) is 0 Å². The van der Waals surface area contributed by atoms with Gasteiger partial charge in [-0.05, 0) is 170 Å². The van der Waals surface area contributed by atoms with E-state index >= 15 is 0 Å². The van der Waals surface area contributed by atoms with E-state index in [1.807, 2.05) is 64.2 Å². The summed E-state index contributed by atoms with van der Waals surface area (Å²) in [7, 11) is 13.2. The smallest absolute Gasteiger partial charge is 0.319 e. The van der Waals surface area contributed by atoms with E-state index in [2.05, 4.69) is 142 Å². The van der Waals surface area contributed by atoms with Crippen molar-refractivity contribution in [2.45, 2.75) is 230 Å². The summed E-state index contributed by atoms with van der Waals surface area (Å²) >= 11 is 0. The highest BCUT2D eigenvalue weighted by molar-refractivity contribution is 6.07. The molecule has 8 aliphatic rings.